The maximum absolute atomic E-state index is 14.6. The monoisotopic (exact) mass is 538 g/mol. The van der Waals surface area contributed by atoms with Crippen molar-refractivity contribution in [1.82, 2.24) is 8.97 Å². The molecule has 0 N–H and O–H groups in total. The molecule has 2 aromatic heterocycles. The first-order valence-electron chi connectivity index (χ1n) is 14.2. The van der Waals surface area contributed by atoms with Crippen molar-refractivity contribution in [1.29, 1.82) is 0 Å². The first-order chi connectivity index (χ1) is 20.8. The van der Waals surface area contributed by atoms with Gasteiger partial charge in [0.2, 0.25) is 0 Å². The molecule has 0 saturated heterocycles. The Labute approximate surface area is 243 Å². The summed E-state index contributed by atoms with van der Waals surface area (Å²) in [6.07, 6.45) is 0. The highest BCUT2D eigenvalue weighted by Crippen LogP contribution is 2.40. The van der Waals surface area contributed by atoms with E-state index in [9.17, 15) is 4.79 Å². The van der Waals surface area contributed by atoms with E-state index >= 15 is 0 Å². The molecule has 3 nitrogen and oxygen atoms in total. The second kappa shape index (κ2) is 9.76. The van der Waals surface area contributed by atoms with Crippen LogP contribution in [-0.2, 0) is 0 Å². The van der Waals surface area contributed by atoms with Gasteiger partial charge in [0.1, 0.15) is 5.65 Å². The SMILES string of the molecule is O=c1c2cc(-c3ccccc3)ccc2n2c3ccc(-c4ccccc4)cc3c(-c3ccccc3)c2n1-c1ccccc1. The molecule has 0 saturated carbocycles. The molecule has 0 spiro atoms. The van der Waals surface area contributed by atoms with E-state index in [2.05, 4.69) is 95.4 Å². The van der Waals surface area contributed by atoms with Gasteiger partial charge in [-0.25, -0.2) is 0 Å². The average Bonchev–Trinajstić information content (AvgIpc) is 3.40. The molecule has 0 fully saturated rings. The van der Waals surface area contributed by atoms with Crippen LogP contribution >= 0.6 is 0 Å². The Morgan fingerprint density at radius 3 is 1.40 bits per heavy atom. The van der Waals surface area contributed by atoms with Crippen LogP contribution in [0.5, 0.6) is 0 Å². The van der Waals surface area contributed by atoms with Gasteiger partial charge in [0.25, 0.3) is 5.56 Å². The zero-order valence-corrected chi connectivity index (χ0v) is 22.8. The van der Waals surface area contributed by atoms with Gasteiger partial charge in [0.15, 0.2) is 0 Å². The smallest absolute Gasteiger partial charge is 0.266 e. The Morgan fingerprint density at radius 1 is 0.405 bits per heavy atom. The first kappa shape index (κ1) is 24.2. The van der Waals surface area contributed by atoms with Gasteiger partial charge in [-0.3, -0.25) is 13.8 Å². The summed E-state index contributed by atoms with van der Waals surface area (Å²) >= 11 is 0. The summed E-state index contributed by atoms with van der Waals surface area (Å²) in [6, 6.07) is 54.0. The second-order valence-electron chi connectivity index (χ2n) is 10.6. The van der Waals surface area contributed by atoms with Crippen molar-refractivity contribution < 1.29 is 0 Å². The number of aromatic nitrogens is 2. The van der Waals surface area contributed by atoms with Crippen molar-refractivity contribution in [3.63, 3.8) is 0 Å². The average molecular weight is 539 g/mol. The summed E-state index contributed by atoms with van der Waals surface area (Å²) in [5, 5.41) is 1.78. The summed E-state index contributed by atoms with van der Waals surface area (Å²) in [4.78, 5) is 14.6. The molecule has 0 aliphatic carbocycles. The highest BCUT2D eigenvalue weighted by molar-refractivity contribution is 6.09. The van der Waals surface area contributed by atoms with E-state index in [0.717, 1.165) is 61.1 Å². The van der Waals surface area contributed by atoms with Crippen molar-refractivity contribution >= 4 is 27.5 Å². The minimum atomic E-state index is -0.0373. The third-order valence-electron chi connectivity index (χ3n) is 8.12. The fraction of sp³-hybridized carbons (Fsp3) is 0. The van der Waals surface area contributed by atoms with Crippen LogP contribution in [0, 0.1) is 0 Å². The van der Waals surface area contributed by atoms with E-state index in [1.165, 1.54) is 0 Å². The number of fused-ring (bicyclic) bond motifs is 5. The Bertz CT molecular complexity index is 2280. The van der Waals surface area contributed by atoms with Crippen LogP contribution in [-0.4, -0.2) is 8.97 Å². The molecule has 6 aromatic carbocycles. The quantitative estimate of drug-likeness (QED) is 0.219. The van der Waals surface area contributed by atoms with Crippen LogP contribution in [0.1, 0.15) is 0 Å². The Kier molecular flexibility index (Phi) is 5.61. The lowest BCUT2D eigenvalue weighted by Gasteiger charge is -2.15. The van der Waals surface area contributed by atoms with Crippen LogP contribution in [0.4, 0.5) is 0 Å². The minimum Gasteiger partial charge on any atom is -0.294 e. The summed E-state index contributed by atoms with van der Waals surface area (Å²) in [7, 11) is 0. The van der Waals surface area contributed by atoms with Gasteiger partial charge in [-0.15, -0.1) is 0 Å². The molecule has 2 heterocycles. The van der Waals surface area contributed by atoms with Gasteiger partial charge in [0.05, 0.1) is 22.1 Å². The van der Waals surface area contributed by atoms with Gasteiger partial charge >= 0.3 is 0 Å². The maximum Gasteiger partial charge on any atom is 0.266 e. The van der Waals surface area contributed by atoms with Gasteiger partial charge in [0, 0.05) is 10.9 Å². The summed E-state index contributed by atoms with van der Waals surface area (Å²) < 4.78 is 4.16. The van der Waals surface area contributed by atoms with Gasteiger partial charge in [-0.2, -0.15) is 0 Å². The summed E-state index contributed by atoms with van der Waals surface area (Å²) in [5.74, 6) is 0. The lowest BCUT2D eigenvalue weighted by atomic mass is 9.99. The van der Waals surface area contributed by atoms with Crippen molar-refractivity contribution in [2.45, 2.75) is 0 Å². The molecule has 198 valence electrons. The molecule has 0 radical (unpaired) electrons. The zero-order valence-electron chi connectivity index (χ0n) is 22.8. The molecule has 0 aliphatic heterocycles. The number of hydrogen-bond acceptors (Lipinski definition) is 1. The predicted octanol–water partition coefficient (Wildman–Crippen LogP) is 9.40. The van der Waals surface area contributed by atoms with E-state index < -0.39 is 0 Å². The van der Waals surface area contributed by atoms with Crippen molar-refractivity contribution in [2.24, 2.45) is 0 Å². The van der Waals surface area contributed by atoms with Crippen LogP contribution < -0.4 is 5.56 Å². The standard InChI is InChI=1S/C39H26N2O/c42-39-34-26-31(28-15-7-2-8-16-28)22-24-36(34)41-35-23-21-30(27-13-5-1-6-14-27)25-33(35)37(29-17-9-3-10-18-29)38(41)40(39)32-19-11-4-12-20-32/h1-26H. The largest absolute Gasteiger partial charge is 0.294 e. The van der Waals surface area contributed by atoms with E-state index in [0.29, 0.717) is 5.39 Å². The van der Waals surface area contributed by atoms with Crippen molar-refractivity contribution in [3.8, 4) is 39.1 Å². The molecule has 8 rings (SSSR count). The van der Waals surface area contributed by atoms with E-state index in [-0.39, 0.29) is 5.56 Å². The predicted molar refractivity (Wildman–Crippen MR) is 174 cm³/mol. The number of para-hydroxylation sites is 1. The van der Waals surface area contributed by atoms with E-state index in [4.69, 9.17) is 0 Å². The molecule has 42 heavy (non-hydrogen) atoms. The Hall–Kier alpha value is -5.67. The lowest BCUT2D eigenvalue weighted by molar-refractivity contribution is 1.01. The van der Waals surface area contributed by atoms with Crippen LogP contribution in [0.25, 0.3) is 66.5 Å². The highest BCUT2D eigenvalue weighted by Gasteiger charge is 2.22. The van der Waals surface area contributed by atoms with E-state index in [1.54, 1.807) is 0 Å². The third-order valence-corrected chi connectivity index (χ3v) is 8.12. The highest BCUT2D eigenvalue weighted by atomic mass is 16.1. The lowest BCUT2D eigenvalue weighted by Crippen LogP contribution is -2.21. The first-order valence-corrected chi connectivity index (χ1v) is 14.2. The van der Waals surface area contributed by atoms with Crippen LogP contribution in [0.15, 0.2) is 163 Å². The normalized spacial score (nSPS) is 11.4. The molecule has 0 amide bonds. The molecule has 0 bridgehead atoms. The fourth-order valence-corrected chi connectivity index (χ4v) is 6.18. The van der Waals surface area contributed by atoms with Gasteiger partial charge < -0.3 is 0 Å². The zero-order chi connectivity index (χ0) is 28.0. The van der Waals surface area contributed by atoms with Crippen molar-refractivity contribution in [3.05, 3.63) is 168 Å². The Balaban J connectivity index is 1.58. The van der Waals surface area contributed by atoms with E-state index in [1.807, 2.05) is 71.3 Å². The van der Waals surface area contributed by atoms with Crippen molar-refractivity contribution in [2.75, 3.05) is 0 Å². The maximum atomic E-state index is 14.6. The molecule has 0 unspecified atom stereocenters. The van der Waals surface area contributed by atoms with Gasteiger partial charge in [-0.1, -0.05) is 121 Å². The summed E-state index contributed by atoms with van der Waals surface area (Å²) in [5.41, 5.74) is 10.1. The fourth-order valence-electron chi connectivity index (χ4n) is 6.18. The molecule has 3 heteroatoms. The molecular weight excluding hydrogens is 512 g/mol. The van der Waals surface area contributed by atoms with Crippen LogP contribution in [0.2, 0.25) is 0 Å². The van der Waals surface area contributed by atoms with Crippen LogP contribution in [0.3, 0.4) is 0 Å². The molecular formula is C39H26N2O. The van der Waals surface area contributed by atoms with Gasteiger partial charge in [-0.05, 0) is 64.2 Å². The molecule has 0 aliphatic rings. The number of rotatable bonds is 4. The number of nitrogens with zero attached hydrogens (tertiary/aromatic N) is 2. The molecule has 8 aromatic rings. The summed E-state index contributed by atoms with van der Waals surface area (Å²) in [6.45, 7) is 0. The molecule has 0 atom stereocenters. The third kappa shape index (κ3) is 3.79. The Morgan fingerprint density at radius 2 is 0.857 bits per heavy atom. The number of hydrogen-bond donors (Lipinski definition) is 0. The number of benzene rings is 6. The minimum absolute atomic E-state index is 0.0373. The topological polar surface area (TPSA) is 26.4 Å². The second-order valence-corrected chi connectivity index (χ2v) is 10.6.